The number of methoxy groups -OCH3 is 1. The van der Waals surface area contributed by atoms with Gasteiger partial charge in [-0.2, -0.15) is 13.2 Å². The van der Waals surface area contributed by atoms with E-state index >= 15 is 0 Å². The zero-order valence-electron chi connectivity index (χ0n) is 12.7. The van der Waals surface area contributed by atoms with E-state index in [1.807, 2.05) is 0 Å². The Hall–Kier alpha value is -3.23. The van der Waals surface area contributed by atoms with Crippen LogP contribution in [0.15, 0.2) is 41.3 Å². The van der Waals surface area contributed by atoms with Crippen molar-refractivity contribution < 1.29 is 22.7 Å². The molecule has 0 saturated heterocycles. The van der Waals surface area contributed by atoms with E-state index in [1.165, 1.54) is 25.4 Å². The van der Waals surface area contributed by atoms with E-state index in [4.69, 9.17) is 0 Å². The Kier molecular flexibility index (Phi) is 3.99. The Morgan fingerprint density at radius 2 is 1.96 bits per heavy atom. The van der Waals surface area contributed by atoms with Crippen molar-refractivity contribution in [2.24, 2.45) is 0 Å². The minimum atomic E-state index is -4.55. The van der Waals surface area contributed by atoms with Gasteiger partial charge in [0.05, 0.1) is 29.1 Å². The first-order valence-corrected chi connectivity index (χ1v) is 6.95. The van der Waals surface area contributed by atoms with E-state index in [9.17, 15) is 22.8 Å². The summed E-state index contributed by atoms with van der Waals surface area (Å²) in [5.41, 5.74) is -1.36. The summed E-state index contributed by atoms with van der Waals surface area (Å²) in [7, 11) is 1.21. The number of halogens is 3. The second-order valence-electron chi connectivity index (χ2n) is 5.07. The maximum Gasteiger partial charge on any atom is 0.416 e. The summed E-state index contributed by atoms with van der Waals surface area (Å²) in [6.07, 6.45) is -3.25. The quantitative estimate of drug-likeness (QED) is 0.719. The lowest BCUT2D eigenvalue weighted by molar-refractivity contribution is -0.137. The van der Waals surface area contributed by atoms with Gasteiger partial charge < -0.3 is 9.72 Å². The standard InChI is InChI=1S/C16H10F3N3O3/c1-25-15(24)8-4-5-20-12(6-8)13-21-11-7-9(16(17,18)19)2-3-10(11)14(23)22-13/h2-7H,1H3,(H,21,22,23). The van der Waals surface area contributed by atoms with Crippen LogP contribution in [0.4, 0.5) is 13.2 Å². The van der Waals surface area contributed by atoms with Crippen LogP contribution in [0.5, 0.6) is 0 Å². The molecule has 1 aromatic carbocycles. The number of nitrogens with one attached hydrogen (secondary N) is 1. The van der Waals surface area contributed by atoms with Crippen LogP contribution in [-0.2, 0) is 10.9 Å². The summed E-state index contributed by atoms with van der Waals surface area (Å²) in [6.45, 7) is 0. The number of carbonyl (C=O) groups excluding carboxylic acids is 1. The summed E-state index contributed by atoms with van der Waals surface area (Å²) >= 11 is 0. The molecule has 6 nitrogen and oxygen atoms in total. The number of esters is 1. The minimum absolute atomic E-state index is 0.0147. The largest absolute Gasteiger partial charge is 0.465 e. The summed E-state index contributed by atoms with van der Waals surface area (Å²) < 4.78 is 43.1. The zero-order valence-corrected chi connectivity index (χ0v) is 12.7. The van der Waals surface area contributed by atoms with Gasteiger partial charge in [-0.1, -0.05) is 0 Å². The van der Waals surface area contributed by atoms with Gasteiger partial charge >= 0.3 is 12.1 Å². The van der Waals surface area contributed by atoms with Crippen molar-refractivity contribution in [2.45, 2.75) is 6.18 Å². The number of aromatic amines is 1. The highest BCUT2D eigenvalue weighted by Gasteiger charge is 2.30. The maximum atomic E-state index is 12.8. The van der Waals surface area contributed by atoms with Gasteiger partial charge in [0.2, 0.25) is 0 Å². The van der Waals surface area contributed by atoms with E-state index in [0.29, 0.717) is 0 Å². The Labute approximate surface area is 138 Å². The predicted octanol–water partition coefficient (Wildman–Crippen LogP) is 2.79. The second-order valence-corrected chi connectivity index (χ2v) is 5.07. The van der Waals surface area contributed by atoms with Crippen molar-refractivity contribution in [3.8, 4) is 11.5 Å². The summed E-state index contributed by atoms with van der Waals surface area (Å²) in [4.78, 5) is 34.1. The minimum Gasteiger partial charge on any atom is -0.465 e. The normalized spacial score (nSPS) is 11.5. The molecule has 0 aliphatic rings. The number of H-pyrrole nitrogens is 1. The third-order valence-corrected chi connectivity index (χ3v) is 3.46. The molecule has 25 heavy (non-hydrogen) atoms. The molecule has 3 rings (SSSR count). The van der Waals surface area contributed by atoms with E-state index in [1.54, 1.807) is 0 Å². The Morgan fingerprint density at radius 3 is 2.64 bits per heavy atom. The van der Waals surface area contributed by atoms with Crippen LogP contribution in [0.3, 0.4) is 0 Å². The molecule has 0 bridgehead atoms. The Balaban J connectivity index is 2.17. The average molecular weight is 349 g/mol. The number of hydrogen-bond acceptors (Lipinski definition) is 5. The number of benzene rings is 1. The first-order valence-electron chi connectivity index (χ1n) is 6.95. The van der Waals surface area contributed by atoms with Crippen molar-refractivity contribution in [3.63, 3.8) is 0 Å². The Morgan fingerprint density at radius 1 is 1.20 bits per heavy atom. The highest BCUT2D eigenvalue weighted by Crippen LogP contribution is 2.30. The molecular weight excluding hydrogens is 339 g/mol. The fourth-order valence-corrected chi connectivity index (χ4v) is 2.24. The molecule has 0 spiro atoms. The van der Waals surface area contributed by atoms with Gasteiger partial charge in [-0.05, 0) is 30.3 Å². The first-order chi connectivity index (χ1) is 11.8. The van der Waals surface area contributed by atoms with Crippen molar-refractivity contribution in [3.05, 3.63) is 58.0 Å². The molecule has 0 aliphatic heterocycles. The molecule has 2 heterocycles. The number of aromatic nitrogens is 3. The molecule has 0 radical (unpaired) electrons. The number of fused-ring (bicyclic) bond motifs is 1. The summed E-state index contributed by atoms with van der Waals surface area (Å²) in [6, 6.07) is 5.39. The third-order valence-electron chi connectivity index (χ3n) is 3.46. The first kappa shape index (κ1) is 16.6. The van der Waals surface area contributed by atoms with Crippen molar-refractivity contribution in [1.82, 2.24) is 15.0 Å². The van der Waals surface area contributed by atoms with Gasteiger partial charge in [0.25, 0.3) is 5.56 Å². The van der Waals surface area contributed by atoms with Crippen LogP contribution in [0.1, 0.15) is 15.9 Å². The second kappa shape index (κ2) is 6.00. The van der Waals surface area contributed by atoms with Crippen molar-refractivity contribution in [1.29, 1.82) is 0 Å². The lowest BCUT2D eigenvalue weighted by atomic mass is 10.1. The van der Waals surface area contributed by atoms with Gasteiger partial charge in [0, 0.05) is 6.20 Å². The molecular formula is C16H10F3N3O3. The number of ether oxygens (including phenoxy) is 1. The molecule has 1 N–H and O–H groups in total. The molecule has 0 saturated carbocycles. The predicted molar refractivity (Wildman–Crippen MR) is 81.9 cm³/mol. The van der Waals surface area contributed by atoms with Gasteiger partial charge in [0.1, 0.15) is 5.69 Å². The van der Waals surface area contributed by atoms with Crippen LogP contribution in [0, 0.1) is 0 Å². The smallest absolute Gasteiger partial charge is 0.416 e. The van der Waals surface area contributed by atoms with Gasteiger partial charge in [0.15, 0.2) is 5.82 Å². The van der Waals surface area contributed by atoms with Crippen LogP contribution in [-0.4, -0.2) is 28.0 Å². The van der Waals surface area contributed by atoms with E-state index in [0.717, 1.165) is 18.2 Å². The highest BCUT2D eigenvalue weighted by molar-refractivity contribution is 5.90. The molecule has 0 fully saturated rings. The van der Waals surface area contributed by atoms with E-state index < -0.39 is 23.3 Å². The summed E-state index contributed by atoms with van der Waals surface area (Å²) in [5, 5.41) is 0.0147. The topological polar surface area (TPSA) is 84.9 Å². The van der Waals surface area contributed by atoms with E-state index in [2.05, 4.69) is 19.7 Å². The maximum absolute atomic E-state index is 12.8. The number of hydrogen-bond donors (Lipinski definition) is 1. The molecule has 0 amide bonds. The van der Waals surface area contributed by atoms with Crippen LogP contribution in [0.2, 0.25) is 0 Å². The summed E-state index contributed by atoms with van der Waals surface area (Å²) in [5.74, 6) is -0.672. The third kappa shape index (κ3) is 3.21. The molecule has 0 unspecified atom stereocenters. The fraction of sp³-hybridized carbons (Fsp3) is 0.125. The zero-order chi connectivity index (χ0) is 18.2. The van der Waals surface area contributed by atoms with Gasteiger partial charge in [-0.3, -0.25) is 9.78 Å². The lowest BCUT2D eigenvalue weighted by Gasteiger charge is -2.08. The Bertz CT molecular complexity index is 1030. The van der Waals surface area contributed by atoms with Crippen LogP contribution in [0.25, 0.3) is 22.4 Å². The van der Waals surface area contributed by atoms with Gasteiger partial charge in [-0.15, -0.1) is 0 Å². The number of rotatable bonds is 2. The molecule has 3 aromatic rings. The van der Waals surface area contributed by atoms with Crippen LogP contribution >= 0.6 is 0 Å². The number of alkyl halides is 3. The van der Waals surface area contributed by atoms with Crippen molar-refractivity contribution in [2.75, 3.05) is 7.11 Å². The molecule has 0 aliphatic carbocycles. The number of carbonyl (C=O) groups is 1. The van der Waals surface area contributed by atoms with Crippen molar-refractivity contribution >= 4 is 16.9 Å². The highest BCUT2D eigenvalue weighted by atomic mass is 19.4. The average Bonchev–Trinajstić information content (AvgIpc) is 2.59. The van der Waals surface area contributed by atoms with E-state index in [-0.39, 0.29) is 28.0 Å². The molecule has 9 heteroatoms. The SMILES string of the molecule is COC(=O)c1ccnc(-c2nc3cc(C(F)(F)F)ccc3c(=O)[nH]2)c1. The number of pyridine rings is 1. The fourth-order valence-electron chi connectivity index (χ4n) is 2.24. The van der Waals surface area contributed by atoms with Crippen LogP contribution < -0.4 is 5.56 Å². The molecule has 2 aromatic heterocycles. The molecule has 0 atom stereocenters. The number of nitrogens with zero attached hydrogens (tertiary/aromatic N) is 2. The van der Waals surface area contributed by atoms with Gasteiger partial charge in [-0.25, -0.2) is 9.78 Å². The molecule has 128 valence electrons. The lowest BCUT2D eigenvalue weighted by Crippen LogP contribution is -2.12. The monoisotopic (exact) mass is 349 g/mol.